The van der Waals surface area contributed by atoms with Gasteiger partial charge in [-0.15, -0.1) is 0 Å². The molecule has 1 saturated heterocycles. The number of nitrogens with zero attached hydrogens (tertiary/aromatic N) is 5. The van der Waals surface area contributed by atoms with Gasteiger partial charge in [-0.1, -0.05) is 18.1 Å². The van der Waals surface area contributed by atoms with E-state index >= 15 is 0 Å². The molecular weight excluding hydrogens is 314 g/mol. The second-order valence-corrected chi connectivity index (χ2v) is 6.54. The number of likely N-dealkylation sites (N-methyl/N-ethyl adjacent to an activating group) is 1. The highest BCUT2D eigenvalue weighted by molar-refractivity contribution is 5.53. The quantitative estimate of drug-likeness (QED) is 0.715. The molecule has 1 fully saturated rings. The maximum Gasteiger partial charge on any atom is 0.157 e. The lowest BCUT2D eigenvalue weighted by Gasteiger charge is -2.31. The van der Waals surface area contributed by atoms with Gasteiger partial charge in [0, 0.05) is 37.1 Å². The summed E-state index contributed by atoms with van der Waals surface area (Å²) in [4.78, 5) is 11.5. The number of piperidine rings is 1. The van der Waals surface area contributed by atoms with Crippen molar-refractivity contribution in [1.29, 1.82) is 0 Å². The van der Waals surface area contributed by atoms with Crippen molar-refractivity contribution in [1.82, 2.24) is 24.6 Å². The van der Waals surface area contributed by atoms with Crippen molar-refractivity contribution in [3.63, 3.8) is 0 Å². The molecule has 0 spiro atoms. The van der Waals surface area contributed by atoms with Crippen LogP contribution in [0.25, 0.3) is 11.4 Å². The van der Waals surface area contributed by atoms with Crippen molar-refractivity contribution < 1.29 is 4.52 Å². The number of imidazole rings is 1. The molecule has 6 nitrogen and oxygen atoms in total. The Morgan fingerprint density at radius 1 is 1.20 bits per heavy atom. The fraction of sp³-hybridized carbons (Fsp3) is 0.421. The summed E-state index contributed by atoms with van der Waals surface area (Å²) in [5.41, 5.74) is 1.60. The zero-order valence-corrected chi connectivity index (χ0v) is 14.5. The van der Waals surface area contributed by atoms with Gasteiger partial charge in [-0.2, -0.15) is 0 Å². The molecule has 6 heteroatoms. The molecule has 1 atom stereocenters. The van der Waals surface area contributed by atoms with E-state index < -0.39 is 0 Å². The number of hydrogen-bond acceptors (Lipinski definition) is 5. The third-order valence-corrected chi connectivity index (χ3v) is 4.88. The Kier molecular flexibility index (Phi) is 4.61. The molecular formula is C19H23N5O. The first-order chi connectivity index (χ1) is 12.3. The van der Waals surface area contributed by atoms with Crippen LogP contribution in [0.4, 0.5) is 0 Å². The number of pyridine rings is 1. The number of hydrogen-bond donors (Lipinski definition) is 0. The van der Waals surface area contributed by atoms with Crippen molar-refractivity contribution in [2.45, 2.75) is 32.2 Å². The smallest absolute Gasteiger partial charge is 0.157 e. The van der Waals surface area contributed by atoms with Crippen LogP contribution in [-0.2, 0) is 6.54 Å². The SMILES string of the molecule is CCN1CCCC(c2nccn2Cc2cc(-c3ccccn3)no2)C1. The van der Waals surface area contributed by atoms with E-state index in [9.17, 15) is 0 Å². The molecule has 0 aliphatic carbocycles. The zero-order chi connectivity index (χ0) is 17.1. The third-order valence-electron chi connectivity index (χ3n) is 4.88. The summed E-state index contributed by atoms with van der Waals surface area (Å²) in [6, 6.07) is 7.75. The van der Waals surface area contributed by atoms with E-state index in [1.54, 1.807) is 6.20 Å². The molecule has 130 valence electrons. The zero-order valence-electron chi connectivity index (χ0n) is 14.5. The molecule has 0 amide bonds. The predicted molar refractivity (Wildman–Crippen MR) is 95.2 cm³/mol. The highest BCUT2D eigenvalue weighted by atomic mass is 16.5. The van der Waals surface area contributed by atoms with Crippen molar-refractivity contribution in [2.24, 2.45) is 0 Å². The Morgan fingerprint density at radius 3 is 3.00 bits per heavy atom. The normalized spacial score (nSPS) is 18.5. The largest absolute Gasteiger partial charge is 0.359 e. The molecule has 0 saturated carbocycles. The Morgan fingerprint density at radius 2 is 2.16 bits per heavy atom. The Balaban J connectivity index is 1.51. The van der Waals surface area contributed by atoms with Gasteiger partial charge in [-0.05, 0) is 38.1 Å². The lowest BCUT2D eigenvalue weighted by molar-refractivity contribution is 0.211. The minimum Gasteiger partial charge on any atom is -0.359 e. The lowest BCUT2D eigenvalue weighted by atomic mass is 9.97. The van der Waals surface area contributed by atoms with Crippen LogP contribution in [0.1, 0.15) is 37.3 Å². The Bertz CT molecular complexity index is 810. The molecule has 1 aliphatic rings. The summed E-state index contributed by atoms with van der Waals surface area (Å²) >= 11 is 0. The molecule has 0 aromatic carbocycles. The number of rotatable bonds is 5. The average molecular weight is 337 g/mol. The lowest BCUT2D eigenvalue weighted by Crippen LogP contribution is -2.35. The van der Waals surface area contributed by atoms with E-state index in [2.05, 4.69) is 31.5 Å². The van der Waals surface area contributed by atoms with Crippen LogP contribution >= 0.6 is 0 Å². The molecule has 4 heterocycles. The van der Waals surface area contributed by atoms with Crippen LogP contribution in [0.15, 0.2) is 47.4 Å². The Hall–Kier alpha value is -2.47. The molecule has 4 rings (SSSR count). The standard InChI is InChI=1S/C19H23N5O/c1-2-23-10-5-6-15(13-23)19-21-9-11-24(19)14-16-12-18(22-25-16)17-7-3-4-8-20-17/h3-4,7-9,11-12,15H,2,5-6,10,13-14H2,1H3. The summed E-state index contributed by atoms with van der Waals surface area (Å²) in [6.07, 6.45) is 8.11. The van der Waals surface area contributed by atoms with Crippen LogP contribution in [0.3, 0.4) is 0 Å². The number of likely N-dealkylation sites (tertiary alicyclic amines) is 1. The first-order valence-electron chi connectivity index (χ1n) is 8.94. The van der Waals surface area contributed by atoms with Gasteiger partial charge < -0.3 is 14.0 Å². The van der Waals surface area contributed by atoms with Gasteiger partial charge in [0.2, 0.25) is 0 Å². The second kappa shape index (κ2) is 7.19. The van der Waals surface area contributed by atoms with Crippen LogP contribution in [0.2, 0.25) is 0 Å². The van der Waals surface area contributed by atoms with Crippen molar-refractivity contribution in [3.05, 3.63) is 54.4 Å². The summed E-state index contributed by atoms with van der Waals surface area (Å²) < 4.78 is 7.72. The van der Waals surface area contributed by atoms with Gasteiger partial charge in [-0.3, -0.25) is 4.98 Å². The van der Waals surface area contributed by atoms with Gasteiger partial charge in [0.1, 0.15) is 11.5 Å². The maximum atomic E-state index is 5.53. The Labute approximate surface area is 147 Å². The average Bonchev–Trinajstić information content (AvgIpc) is 3.32. The molecule has 1 unspecified atom stereocenters. The molecule has 3 aromatic rings. The minimum absolute atomic E-state index is 0.488. The molecule has 25 heavy (non-hydrogen) atoms. The highest BCUT2D eigenvalue weighted by Gasteiger charge is 2.24. The summed E-state index contributed by atoms with van der Waals surface area (Å²) in [7, 11) is 0. The maximum absolute atomic E-state index is 5.53. The van der Waals surface area contributed by atoms with Crippen molar-refractivity contribution in [3.8, 4) is 11.4 Å². The van der Waals surface area contributed by atoms with Gasteiger partial charge in [0.05, 0.1) is 12.2 Å². The second-order valence-electron chi connectivity index (χ2n) is 6.54. The highest BCUT2D eigenvalue weighted by Crippen LogP contribution is 2.26. The van der Waals surface area contributed by atoms with Gasteiger partial charge >= 0.3 is 0 Å². The van der Waals surface area contributed by atoms with Crippen molar-refractivity contribution in [2.75, 3.05) is 19.6 Å². The van der Waals surface area contributed by atoms with E-state index in [4.69, 9.17) is 4.52 Å². The van der Waals surface area contributed by atoms with Gasteiger partial charge in [-0.25, -0.2) is 4.98 Å². The molecule has 3 aromatic heterocycles. The van der Waals surface area contributed by atoms with Crippen LogP contribution in [0, 0.1) is 0 Å². The molecule has 0 radical (unpaired) electrons. The number of aromatic nitrogens is 4. The fourth-order valence-electron chi connectivity index (χ4n) is 3.56. The third kappa shape index (κ3) is 3.49. The topological polar surface area (TPSA) is 60.0 Å². The van der Waals surface area contributed by atoms with Crippen molar-refractivity contribution >= 4 is 0 Å². The predicted octanol–water partition coefficient (Wildman–Crippen LogP) is 3.18. The van der Waals surface area contributed by atoms with E-state index in [0.717, 1.165) is 36.1 Å². The van der Waals surface area contributed by atoms with Gasteiger partial charge in [0.25, 0.3) is 0 Å². The summed E-state index contributed by atoms with van der Waals surface area (Å²) in [5.74, 6) is 2.46. The summed E-state index contributed by atoms with van der Waals surface area (Å²) in [5, 5.41) is 4.16. The van der Waals surface area contributed by atoms with E-state index in [-0.39, 0.29) is 0 Å². The molecule has 1 aliphatic heterocycles. The first-order valence-corrected chi connectivity index (χ1v) is 8.94. The van der Waals surface area contributed by atoms with E-state index in [0.29, 0.717) is 12.5 Å². The fourth-order valence-corrected chi connectivity index (χ4v) is 3.56. The molecule has 0 bridgehead atoms. The van der Waals surface area contributed by atoms with Gasteiger partial charge in [0.15, 0.2) is 5.76 Å². The van der Waals surface area contributed by atoms with Crippen LogP contribution in [-0.4, -0.2) is 44.2 Å². The minimum atomic E-state index is 0.488. The summed E-state index contributed by atoms with van der Waals surface area (Å²) in [6.45, 7) is 6.26. The van der Waals surface area contributed by atoms with E-state index in [1.807, 2.05) is 36.7 Å². The van der Waals surface area contributed by atoms with E-state index in [1.165, 1.54) is 19.4 Å². The monoisotopic (exact) mass is 337 g/mol. The van der Waals surface area contributed by atoms with Crippen LogP contribution < -0.4 is 0 Å². The van der Waals surface area contributed by atoms with Crippen LogP contribution in [0.5, 0.6) is 0 Å². The first kappa shape index (κ1) is 16.0. The molecule has 0 N–H and O–H groups in total.